The Morgan fingerprint density at radius 2 is 1.72 bits per heavy atom. The third-order valence-corrected chi connectivity index (χ3v) is 8.93. The molecule has 0 bridgehead atoms. The maximum Gasteiger partial charge on any atom is 0.471 e. The predicted molar refractivity (Wildman–Crippen MR) is 128 cm³/mol. The molecule has 36 heavy (non-hydrogen) atoms. The Morgan fingerprint density at radius 3 is 2.31 bits per heavy atom. The molecule has 4 aliphatic rings. The molecule has 1 aromatic rings. The first kappa shape index (κ1) is 25.5. The highest BCUT2D eigenvalue weighted by Gasteiger charge is 2.55. The molecule has 4 fully saturated rings. The van der Waals surface area contributed by atoms with Crippen LogP contribution in [0.25, 0.3) is 0 Å². The van der Waals surface area contributed by atoms with Gasteiger partial charge in [0.2, 0.25) is 0 Å². The number of carbonyl (C=O) groups is 1. The van der Waals surface area contributed by atoms with E-state index in [4.69, 9.17) is 0 Å². The molecule has 0 aromatic heterocycles. The van der Waals surface area contributed by atoms with Gasteiger partial charge in [0.25, 0.3) is 0 Å². The molecule has 1 amide bonds. The summed E-state index contributed by atoms with van der Waals surface area (Å²) in [5, 5.41) is 19.3. The van der Waals surface area contributed by atoms with Crippen molar-refractivity contribution in [2.75, 3.05) is 26.2 Å². The molecule has 9 heteroatoms. The summed E-state index contributed by atoms with van der Waals surface area (Å²) in [7, 11) is 0. The van der Waals surface area contributed by atoms with Gasteiger partial charge >= 0.3 is 12.1 Å². The Bertz CT molecular complexity index is 959. The van der Waals surface area contributed by atoms with E-state index >= 15 is 0 Å². The van der Waals surface area contributed by atoms with Gasteiger partial charge in [-0.05, 0) is 50.5 Å². The van der Waals surface area contributed by atoms with Crippen LogP contribution in [0, 0.1) is 11.3 Å². The van der Waals surface area contributed by atoms with Crippen molar-refractivity contribution in [3.8, 4) is 6.07 Å². The van der Waals surface area contributed by atoms with Gasteiger partial charge in [-0.25, -0.2) is 0 Å². The number of amides is 1. The molecule has 0 spiro atoms. The maximum absolute atomic E-state index is 13.6. The molecule has 1 aromatic carbocycles. The molecule has 0 radical (unpaired) electrons. The maximum atomic E-state index is 13.6. The van der Waals surface area contributed by atoms with E-state index in [-0.39, 0.29) is 17.6 Å². The highest BCUT2D eigenvalue weighted by molar-refractivity contribution is 5.83. The molecular weight excluding hydrogens is 469 g/mol. The van der Waals surface area contributed by atoms with E-state index in [0.717, 1.165) is 49.2 Å². The number of aliphatic hydroxyl groups excluding tert-OH is 1. The van der Waals surface area contributed by atoms with Crippen molar-refractivity contribution in [2.45, 2.75) is 93.2 Å². The first-order valence-corrected chi connectivity index (χ1v) is 13.2. The van der Waals surface area contributed by atoms with Crippen molar-refractivity contribution in [3.63, 3.8) is 0 Å². The zero-order chi connectivity index (χ0) is 25.5. The number of likely N-dealkylation sites (tertiary alicyclic amines) is 2. The Hall–Kier alpha value is -2.15. The fraction of sp³-hybridized carbons (Fsp3) is 0.704. The molecular formula is C27H35F3N4O2. The fourth-order valence-electron chi connectivity index (χ4n) is 6.86. The predicted octanol–water partition coefficient (Wildman–Crippen LogP) is 3.67. The summed E-state index contributed by atoms with van der Waals surface area (Å²) in [6, 6.07) is 11.4. The van der Waals surface area contributed by atoms with Gasteiger partial charge in [0.1, 0.15) is 0 Å². The topological polar surface area (TPSA) is 70.8 Å². The summed E-state index contributed by atoms with van der Waals surface area (Å²) in [5.41, 5.74) is 0.721. The second-order valence-corrected chi connectivity index (χ2v) is 11.2. The molecule has 2 heterocycles. The second-order valence-electron chi connectivity index (χ2n) is 11.2. The van der Waals surface area contributed by atoms with Crippen LogP contribution in [0.2, 0.25) is 0 Å². The first-order chi connectivity index (χ1) is 17.2. The SMILES string of the molecule is N#CCC1(N2CCC(N(C(=O)C(F)(F)F)[C@@H]3CC3c3ccccc3)CC2)CN(C2CCC(O)CC2)C1. The molecule has 2 saturated heterocycles. The molecule has 2 aliphatic carbocycles. The van der Waals surface area contributed by atoms with E-state index < -0.39 is 24.2 Å². The molecule has 2 saturated carbocycles. The van der Waals surface area contributed by atoms with Gasteiger partial charge in [0.05, 0.1) is 24.1 Å². The van der Waals surface area contributed by atoms with E-state index in [1.165, 1.54) is 0 Å². The normalized spacial score (nSPS) is 31.3. The minimum atomic E-state index is -4.88. The zero-order valence-electron chi connectivity index (χ0n) is 20.5. The van der Waals surface area contributed by atoms with Crippen molar-refractivity contribution in [2.24, 2.45) is 0 Å². The van der Waals surface area contributed by atoms with Crippen LogP contribution in [-0.2, 0) is 4.79 Å². The number of nitrogens with zero attached hydrogens (tertiary/aromatic N) is 4. The van der Waals surface area contributed by atoms with Crippen LogP contribution in [0.1, 0.15) is 62.8 Å². The number of hydrogen-bond donors (Lipinski definition) is 1. The number of nitriles is 1. The van der Waals surface area contributed by atoms with Gasteiger partial charge in [0, 0.05) is 50.2 Å². The lowest BCUT2D eigenvalue weighted by molar-refractivity contribution is -0.190. The Labute approximate surface area is 210 Å². The lowest BCUT2D eigenvalue weighted by atomic mass is 9.79. The van der Waals surface area contributed by atoms with Gasteiger partial charge < -0.3 is 10.0 Å². The summed E-state index contributed by atoms with van der Waals surface area (Å²) in [5.74, 6) is -1.76. The molecule has 2 atom stereocenters. The lowest BCUT2D eigenvalue weighted by Gasteiger charge is -2.59. The highest BCUT2D eigenvalue weighted by atomic mass is 19.4. The lowest BCUT2D eigenvalue weighted by Crippen LogP contribution is -2.73. The van der Waals surface area contributed by atoms with E-state index in [0.29, 0.717) is 44.8 Å². The van der Waals surface area contributed by atoms with Crippen molar-refractivity contribution in [1.29, 1.82) is 5.26 Å². The van der Waals surface area contributed by atoms with E-state index in [1.54, 1.807) is 0 Å². The van der Waals surface area contributed by atoms with Crippen molar-refractivity contribution in [1.82, 2.24) is 14.7 Å². The molecule has 6 nitrogen and oxygen atoms in total. The number of aliphatic hydroxyl groups is 1. The average molecular weight is 505 g/mol. The monoisotopic (exact) mass is 504 g/mol. The van der Waals surface area contributed by atoms with E-state index in [1.807, 2.05) is 30.3 Å². The molecule has 5 rings (SSSR count). The van der Waals surface area contributed by atoms with Gasteiger partial charge in [-0.15, -0.1) is 0 Å². The van der Waals surface area contributed by atoms with Crippen LogP contribution in [0.15, 0.2) is 30.3 Å². The molecule has 1 unspecified atom stereocenters. The van der Waals surface area contributed by atoms with E-state index in [9.17, 15) is 28.3 Å². The molecule has 1 N–H and O–H groups in total. The number of carbonyl (C=O) groups excluding carboxylic acids is 1. The zero-order valence-corrected chi connectivity index (χ0v) is 20.5. The van der Waals surface area contributed by atoms with Crippen LogP contribution >= 0.6 is 0 Å². The fourth-order valence-corrected chi connectivity index (χ4v) is 6.86. The summed E-state index contributed by atoms with van der Waals surface area (Å²) in [4.78, 5) is 18.4. The molecule has 2 aliphatic heterocycles. The van der Waals surface area contributed by atoms with Crippen molar-refractivity contribution < 1.29 is 23.1 Å². The smallest absolute Gasteiger partial charge is 0.393 e. The van der Waals surface area contributed by atoms with Crippen LogP contribution < -0.4 is 0 Å². The third-order valence-electron chi connectivity index (χ3n) is 8.93. The van der Waals surface area contributed by atoms with Crippen LogP contribution in [0.5, 0.6) is 0 Å². The standard InChI is InChI=1S/C27H35F3N4O2/c28-27(29,30)25(36)34(24-16-23(24)19-4-2-1-3-5-19)21-10-14-33(15-11-21)26(12-13-31)17-32(18-26)20-6-8-22(35)9-7-20/h1-5,20-24,35H,6-12,14-18H2/t20?,22?,23?,24-/m1/s1. The Balaban J connectivity index is 1.23. The summed E-state index contributed by atoms with van der Waals surface area (Å²) >= 11 is 0. The van der Waals surface area contributed by atoms with Gasteiger partial charge in [0.15, 0.2) is 0 Å². The quantitative estimate of drug-likeness (QED) is 0.640. The number of benzene rings is 1. The van der Waals surface area contributed by atoms with Crippen molar-refractivity contribution in [3.05, 3.63) is 35.9 Å². The van der Waals surface area contributed by atoms with E-state index in [2.05, 4.69) is 15.9 Å². The molecule has 196 valence electrons. The number of piperidine rings is 1. The van der Waals surface area contributed by atoms with Crippen LogP contribution in [0.3, 0.4) is 0 Å². The van der Waals surface area contributed by atoms with Gasteiger partial charge in [-0.3, -0.25) is 14.6 Å². The number of alkyl halides is 3. The third kappa shape index (κ3) is 5.00. The summed E-state index contributed by atoms with van der Waals surface area (Å²) < 4.78 is 40.8. The summed E-state index contributed by atoms with van der Waals surface area (Å²) in [6.07, 6.45) is 0.395. The Morgan fingerprint density at radius 1 is 1.08 bits per heavy atom. The number of rotatable bonds is 6. The van der Waals surface area contributed by atoms with Crippen LogP contribution in [-0.4, -0.2) is 87.8 Å². The summed E-state index contributed by atoms with van der Waals surface area (Å²) in [6.45, 7) is 2.76. The minimum Gasteiger partial charge on any atom is -0.393 e. The largest absolute Gasteiger partial charge is 0.471 e. The Kier molecular flexibility index (Phi) is 7.05. The first-order valence-electron chi connectivity index (χ1n) is 13.2. The number of halogens is 3. The minimum absolute atomic E-state index is 0.0466. The second kappa shape index (κ2) is 9.96. The van der Waals surface area contributed by atoms with Gasteiger partial charge in [-0.1, -0.05) is 30.3 Å². The number of hydrogen-bond acceptors (Lipinski definition) is 5. The van der Waals surface area contributed by atoms with Crippen LogP contribution in [0.4, 0.5) is 13.2 Å². The average Bonchev–Trinajstić information content (AvgIpc) is 3.63. The highest BCUT2D eigenvalue weighted by Crippen LogP contribution is 2.48. The van der Waals surface area contributed by atoms with Gasteiger partial charge in [-0.2, -0.15) is 18.4 Å². The van der Waals surface area contributed by atoms with Crippen molar-refractivity contribution >= 4 is 5.91 Å².